The van der Waals surface area contributed by atoms with Gasteiger partial charge in [0.05, 0.1) is 6.04 Å². The highest BCUT2D eigenvalue weighted by atomic mass is 16.4. The van der Waals surface area contributed by atoms with Crippen molar-refractivity contribution in [2.45, 2.75) is 136 Å². The first-order valence-electron chi connectivity index (χ1n) is 18.7. The van der Waals surface area contributed by atoms with E-state index in [1.807, 2.05) is 0 Å². The summed E-state index contributed by atoms with van der Waals surface area (Å²) < 4.78 is 0. The Morgan fingerprint density at radius 3 is 1.82 bits per heavy atom. The number of likely N-dealkylation sites (tertiary alicyclic amines) is 1. The number of ketones is 1. The van der Waals surface area contributed by atoms with Gasteiger partial charge in [-0.2, -0.15) is 0 Å². The molecule has 8 N–H and O–H groups in total. The molecule has 1 unspecified atom stereocenters. The molecule has 1 saturated heterocycles. The first kappa shape index (κ1) is 48.7. The predicted octanol–water partition coefficient (Wildman–Crippen LogP) is -0.476. The molecule has 1 aliphatic heterocycles. The molecule has 0 saturated carbocycles. The van der Waals surface area contributed by atoms with Gasteiger partial charge in [0.15, 0.2) is 0 Å². The molecule has 0 radical (unpaired) electrons. The molecule has 0 aliphatic carbocycles. The van der Waals surface area contributed by atoms with E-state index in [2.05, 4.69) is 38.5 Å². The number of carbonyl (C=O) groups excluding carboxylic acids is 8. The zero-order chi connectivity index (χ0) is 42.9. The maximum Gasteiger partial charge on any atom is 0.303 e. The molecule has 0 aromatic carbocycles. The average Bonchev–Trinajstić information content (AvgIpc) is 3.60. The van der Waals surface area contributed by atoms with E-state index in [1.54, 1.807) is 41.5 Å². The zero-order valence-corrected chi connectivity index (χ0v) is 33.3. The van der Waals surface area contributed by atoms with Crippen molar-refractivity contribution >= 4 is 59.1 Å². The Bertz CT molecular complexity index is 1490. The summed E-state index contributed by atoms with van der Waals surface area (Å²) in [4.78, 5) is 129. The zero-order valence-electron chi connectivity index (χ0n) is 33.3. The number of nitrogens with zero attached hydrogens (tertiary/aromatic N) is 1. The summed E-state index contributed by atoms with van der Waals surface area (Å²) in [5.41, 5.74) is -0.932. The lowest BCUT2D eigenvalue weighted by Gasteiger charge is -2.37. The number of aliphatic carboxylic acids is 2. The Kier molecular flexibility index (Phi) is 19.9. The second-order valence-electron chi connectivity index (χ2n) is 15.1. The van der Waals surface area contributed by atoms with Gasteiger partial charge < -0.3 is 47.0 Å². The smallest absolute Gasteiger partial charge is 0.303 e. The minimum Gasteiger partial charge on any atom is -0.481 e. The van der Waals surface area contributed by atoms with Crippen molar-refractivity contribution in [3.05, 3.63) is 12.7 Å². The van der Waals surface area contributed by atoms with Gasteiger partial charge in [-0.1, -0.05) is 54.0 Å². The van der Waals surface area contributed by atoms with E-state index in [9.17, 15) is 53.1 Å². The van der Waals surface area contributed by atoms with E-state index in [1.165, 1.54) is 11.0 Å². The first-order chi connectivity index (χ1) is 26.0. The second kappa shape index (κ2) is 22.9. The third-order valence-electron chi connectivity index (χ3n) is 8.95. The first-order valence-corrected chi connectivity index (χ1v) is 18.7. The van der Waals surface area contributed by atoms with Crippen LogP contribution in [-0.4, -0.2) is 124 Å². The Morgan fingerprint density at radius 2 is 1.34 bits per heavy atom. The Balaban J connectivity index is 3.30. The van der Waals surface area contributed by atoms with Crippen LogP contribution in [0.1, 0.15) is 99.8 Å². The van der Waals surface area contributed by atoms with Gasteiger partial charge in [0, 0.05) is 32.9 Å². The normalized spacial score (nSPS) is 16.6. The lowest BCUT2D eigenvalue weighted by atomic mass is 9.85. The van der Waals surface area contributed by atoms with Gasteiger partial charge in [0.25, 0.3) is 5.91 Å². The van der Waals surface area contributed by atoms with Gasteiger partial charge in [-0.05, 0) is 43.4 Å². The molecule has 1 rings (SSSR count). The fourth-order valence-corrected chi connectivity index (χ4v) is 5.96. The number of carboxylic acid groups (broad SMARTS) is 2. The maximum absolute atomic E-state index is 14.2. The lowest BCUT2D eigenvalue weighted by molar-refractivity contribution is -0.145. The standard InChI is InChI=1S/C37H59N7O12/c1-9-12-22(29(50)35(55)38-18-10-2)40-33(53)25-13-11-19-44(25)36(56)30(37(6,7)8)43-34(54)28(20(3)4)42-32(52)24(15-17-27(48)49)41-31(51)23(39-21(5)45)14-16-26(46)47/h10,20,22-25,28,30H,2,9,11-19H2,1,3-8H3,(H,38,55)(H,39,45)(H,40,53)(H,41,51)(H,42,52)(H,43,54)(H,46,47)(H,48,49)/t22?,23-,24-,25-,28-,30+/m0/s1. The van der Waals surface area contributed by atoms with Gasteiger partial charge in [0.1, 0.15) is 30.2 Å². The van der Waals surface area contributed by atoms with Crippen molar-refractivity contribution in [1.82, 2.24) is 36.8 Å². The molecule has 0 bridgehead atoms. The van der Waals surface area contributed by atoms with E-state index in [0.29, 0.717) is 12.8 Å². The summed E-state index contributed by atoms with van der Waals surface area (Å²) in [5.74, 6) is -9.42. The van der Waals surface area contributed by atoms with Crippen LogP contribution < -0.4 is 31.9 Å². The molecular formula is C37H59N7O12. The number of Topliss-reactive ketones (excluding diaryl/α,β-unsaturated/α-hetero) is 1. The molecule has 56 heavy (non-hydrogen) atoms. The summed E-state index contributed by atoms with van der Waals surface area (Å²) in [6, 6.07) is -7.56. The predicted molar refractivity (Wildman–Crippen MR) is 201 cm³/mol. The van der Waals surface area contributed by atoms with Crippen LogP contribution in [0.3, 0.4) is 0 Å². The monoisotopic (exact) mass is 793 g/mol. The number of carboxylic acids is 2. The van der Waals surface area contributed by atoms with Gasteiger partial charge in [-0.15, -0.1) is 6.58 Å². The topological polar surface area (TPSA) is 287 Å². The SMILES string of the molecule is C=CCNC(=O)C(=O)C(CCC)NC(=O)[C@@H]1CCCN1C(=O)[C@@H](NC(=O)[C@@H](NC(=O)[C@H](CCC(=O)O)NC(=O)[C@H](CCC(=O)O)NC(C)=O)C(C)C)C(C)(C)C. The Labute approximate surface area is 326 Å². The fourth-order valence-electron chi connectivity index (χ4n) is 5.96. The highest BCUT2D eigenvalue weighted by molar-refractivity contribution is 6.38. The van der Waals surface area contributed by atoms with Gasteiger partial charge in [-0.3, -0.25) is 47.9 Å². The molecule has 1 fully saturated rings. The van der Waals surface area contributed by atoms with E-state index in [4.69, 9.17) is 5.11 Å². The largest absolute Gasteiger partial charge is 0.481 e. The molecule has 19 heteroatoms. The van der Waals surface area contributed by atoms with Gasteiger partial charge >= 0.3 is 11.9 Å². The molecule has 1 aliphatic rings. The van der Waals surface area contributed by atoms with E-state index in [-0.39, 0.29) is 32.4 Å². The van der Waals surface area contributed by atoms with Crippen molar-refractivity contribution in [2.24, 2.45) is 11.3 Å². The van der Waals surface area contributed by atoms with Crippen molar-refractivity contribution < 1.29 is 58.2 Å². The lowest BCUT2D eigenvalue weighted by Crippen LogP contribution is -2.62. The third-order valence-corrected chi connectivity index (χ3v) is 8.95. The number of amides is 7. The summed E-state index contributed by atoms with van der Waals surface area (Å²) in [6.07, 6.45) is 0.941. The van der Waals surface area contributed by atoms with Crippen LogP contribution in [0.25, 0.3) is 0 Å². The summed E-state index contributed by atoms with van der Waals surface area (Å²) in [7, 11) is 0. The van der Waals surface area contributed by atoms with Crippen LogP contribution in [0.2, 0.25) is 0 Å². The minimum absolute atomic E-state index is 0.0575. The van der Waals surface area contributed by atoms with Crippen LogP contribution in [0.5, 0.6) is 0 Å². The quantitative estimate of drug-likeness (QED) is 0.0481. The highest BCUT2D eigenvalue weighted by Gasteiger charge is 2.44. The number of carbonyl (C=O) groups is 10. The molecule has 0 aromatic heterocycles. The molecule has 6 atom stereocenters. The number of hydrogen-bond donors (Lipinski definition) is 8. The molecular weight excluding hydrogens is 734 g/mol. The molecule has 314 valence electrons. The second-order valence-corrected chi connectivity index (χ2v) is 15.1. The third kappa shape index (κ3) is 15.8. The van der Waals surface area contributed by atoms with Crippen LogP contribution >= 0.6 is 0 Å². The van der Waals surface area contributed by atoms with Crippen LogP contribution in [0.15, 0.2) is 12.7 Å². The van der Waals surface area contributed by atoms with E-state index < -0.39 is 126 Å². The number of nitrogens with one attached hydrogen (secondary N) is 6. The van der Waals surface area contributed by atoms with Gasteiger partial charge in [0.2, 0.25) is 41.2 Å². The minimum atomic E-state index is -1.52. The number of hydrogen-bond acceptors (Lipinski definition) is 10. The highest BCUT2D eigenvalue weighted by Crippen LogP contribution is 2.26. The van der Waals surface area contributed by atoms with Crippen LogP contribution in [0, 0.1) is 11.3 Å². The number of rotatable bonds is 23. The van der Waals surface area contributed by atoms with E-state index >= 15 is 0 Å². The average molecular weight is 794 g/mol. The van der Waals surface area contributed by atoms with Gasteiger partial charge in [-0.25, -0.2) is 0 Å². The maximum atomic E-state index is 14.2. The molecule has 1 heterocycles. The van der Waals surface area contributed by atoms with Crippen LogP contribution in [-0.2, 0) is 47.9 Å². The van der Waals surface area contributed by atoms with Crippen molar-refractivity contribution in [1.29, 1.82) is 0 Å². The molecule has 0 aromatic rings. The summed E-state index contributed by atoms with van der Waals surface area (Å²) in [5, 5.41) is 33.3. The summed E-state index contributed by atoms with van der Waals surface area (Å²) in [6.45, 7) is 14.9. The molecule has 7 amide bonds. The van der Waals surface area contributed by atoms with Crippen LogP contribution in [0.4, 0.5) is 0 Å². The fraction of sp³-hybridized carbons (Fsp3) is 0.676. The summed E-state index contributed by atoms with van der Waals surface area (Å²) >= 11 is 0. The van der Waals surface area contributed by atoms with Crippen molar-refractivity contribution in [3.8, 4) is 0 Å². The molecule has 0 spiro atoms. The van der Waals surface area contributed by atoms with Crippen molar-refractivity contribution in [3.63, 3.8) is 0 Å². The van der Waals surface area contributed by atoms with E-state index in [0.717, 1.165) is 6.92 Å². The Morgan fingerprint density at radius 1 is 0.786 bits per heavy atom. The Hall–Kier alpha value is -5.36. The van der Waals surface area contributed by atoms with Crippen molar-refractivity contribution in [2.75, 3.05) is 13.1 Å². The molecule has 19 nitrogen and oxygen atoms in total.